The first-order chi connectivity index (χ1) is 18.4. The summed E-state index contributed by atoms with van der Waals surface area (Å²) in [7, 11) is 0. The second kappa shape index (κ2) is 12.9. The molecule has 0 unspecified atom stereocenters. The van der Waals surface area contributed by atoms with Gasteiger partial charge in [0.05, 0.1) is 37.7 Å². The minimum Gasteiger partial charge on any atom is -0.466 e. The highest BCUT2D eigenvalue weighted by atomic mass is 35.5. The van der Waals surface area contributed by atoms with Gasteiger partial charge in [-0.3, -0.25) is 14.7 Å². The van der Waals surface area contributed by atoms with Crippen LogP contribution in [0.1, 0.15) is 35.8 Å². The summed E-state index contributed by atoms with van der Waals surface area (Å²) >= 11 is 6.05. The second-order valence-corrected chi connectivity index (χ2v) is 9.10. The summed E-state index contributed by atoms with van der Waals surface area (Å²) < 4.78 is 19.6. The van der Waals surface area contributed by atoms with E-state index >= 15 is 0 Å². The first-order valence-electron chi connectivity index (χ1n) is 12.1. The Kier molecular flexibility index (Phi) is 9.15. The Hall–Kier alpha value is -4.12. The number of benzene rings is 2. The molecule has 0 bridgehead atoms. The fourth-order valence-corrected chi connectivity index (χ4v) is 4.33. The van der Waals surface area contributed by atoms with Crippen molar-refractivity contribution in [2.24, 2.45) is 5.92 Å². The molecule has 12 heteroatoms. The molecule has 1 amide bonds. The van der Waals surface area contributed by atoms with E-state index < -0.39 is 17.9 Å². The molecule has 0 aliphatic carbocycles. The number of aromatic amines is 1. The lowest BCUT2D eigenvalue weighted by Gasteiger charge is -2.24. The maximum atomic E-state index is 14.3. The first kappa shape index (κ1) is 26.9. The van der Waals surface area contributed by atoms with E-state index in [0.717, 1.165) is 5.56 Å². The Morgan fingerprint density at radius 3 is 2.61 bits per heavy atom. The minimum absolute atomic E-state index is 0.204. The van der Waals surface area contributed by atoms with E-state index in [1.807, 2.05) is 12.1 Å². The average molecular weight is 540 g/mol. The molecule has 198 valence electrons. The third-order valence-electron chi connectivity index (χ3n) is 6.00. The molecule has 2 atom stereocenters. The number of aromatic nitrogens is 6. The molecule has 0 spiro atoms. The average Bonchev–Trinajstić information content (AvgIpc) is 3.63. The summed E-state index contributed by atoms with van der Waals surface area (Å²) in [6, 6.07) is 11.3. The molecular weight excluding hydrogens is 513 g/mol. The standard InChI is InChI=1S/C26H27ClFN7O3/c1-2-38-26(37)19(9-12-35-30-10-11-31-35)14-21(32-25(36)24-16-29-34-33-24)13-17-3-5-18(6-4-17)22-15-20(27)7-8-23(22)28/h3-8,10-11,15-16,19,21H,2,9,12-14H2,1H3,(H,32,36)(H,29,33,34)/t19-,21-/m1/s1. The Morgan fingerprint density at radius 2 is 1.92 bits per heavy atom. The zero-order valence-corrected chi connectivity index (χ0v) is 21.4. The van der Waals surface area contributed by atoms with Gasteiger partial charge in [-0.25, -0.2) is 4.39 Å². The molecule has 4 rings (SSSR count). The van der Waals surface area contributed by atoms with Crippen molar-refractivity contribution in [1.29, 1.82) is 0 Å². The number of halogens is 2. The van der Waals surface area contributed by atoms with E-state index in [2.05, 4.69) is 30.9 Å². The largest absolute Gasteiger partial charge is 0.466 e. The maximum Gasteiger partial charge on any atom is 0.309 e. The summed E-state index contributed by atoms with van der Waals surface area (Å²) in [6.07, 6.45) is 5.63. The van der Waals surface area contributed by atoms with Crippen LogP contribution in [0, 0.1) is 11.7 Å². The van der Waals surface area contributed by atoms with E-state index in [1.165, 1.54) is 23.1 Å². The second-order valence-electron chi connectivity index (χ2n) is 8.66. The van der Waals surface area contributed by atoms with Crippen LogP contribution < -0.4 is 5.32 Å². The van der Waals surface area contributed by atoms with Gasteiger partial charge in [-0.15, -0.1) is 5.10 Å². The highest BCUT2D eigenvalue weighted by Gasteiger charge is 2.26. The number of aryl methyl sites for hydroxylation is 1. The van der Waals surface area contributed by atoms with E-state index in [0.29, 0.717) is 42.0 Å². The monoisotopic (exact) mass is 539 g/mol. The zero-order valence-electron chi connectivity index (χ0n) is 20.7. The lowest BCUT2D eigenvalue weighted by molar-refractivity contribution is -0.148. The summed E-state index contributed by atoms with van der Waals surface area (Å²) in [6.45, 7) is 2.41. The van der Waals surface area contributed by atoms with Crippen molar-refractivity contribution in [3.8, 4) is 11.1 Å². The van der Waals surface area contributed by atoms with Crippen molar-refractivity contribution in [2.45, 2.75) is 38.8 Å². The minimum atomic E-state index is -0.508. The molecule has 2 heterocycles. The topological polar surface area (TPSA) is 128 Å². The first-order valence-corrected chi connectivity index (χ1v) is 12.5. The molecule has 10 nitrogen and oxygen atoms in total. The van der Waals surface area contributed by atoms with Gasteiger partial charge in [0.1, 0.15) is 11.5 Å². The quantitative estimate of drug-likeness (QED) is 0.262. The molecule has 0 saturated carbocycles. The van der Waals surface area contributed by atoms with Crippen LogP contribution in [0.25, 0.3) is 11.1 Å². The number of amides is 1. The molecule has 2 aromatic heterocycles. The molecule has 0 aliphatic rings. The van der Waals surface area contributed by atoms with Gasteiger partial charge in [0.2, 0.25) is 0 Å². The molecule has 2 aromatic carbocycles. The molecule has 2 N–H and O–H groups in total. The lowest BCUT2D eigenvalue weighted by atomic mass is 9.92. The van der Waals surface area contributed by atoms with Crippen LogP contribution in [0.4, 0.5) is 4.39 Å². The van der Waals surface area contributed by atoms with Crippen molar-refractivity contribution >= 4 is 23.5 Å². The maximum absolute atomic E-state index is 14.3. The van der Waals surface area contributed by atoms with Gasteiger partial charge >= 0.3 is 5.97 Å². The molecule has 0 aliphatic heterocycles. The molecule has 0 fully saturated rings. The number of H-pyrrole nitrogens is 1. The number of ether oxygens (including phenoxy) is 1. The summed E-state index contributed by atoms with van der Waals surface area (Å²) in [5.74, 6) is -1.63. The van der Waals surface area contributed by atoms with Crippen molar-refractivity contribution in [2.75, 3.05) is 6.61 Å². The number of hydrogen-bond donors (Lipinski definition) is 2. The van der Waals surface area contributed by atoms with Gasteiger partial charge < -0.3 is 10.1 Å². The van der Waals surface area contributed by atoms with Gasteiger partial charge in [0.25, 0.3) is 5.91 Å². The lowest BCUT2D eigenvalue weighted by Crippen LogP contribution is -2.39. The number of hydrogen-bond acceptors (Lipinski definition) is 7. The van der Waals surface area contributed by atoms with Crippen molar-refractivity contribution < 1.29 is 18.7 Å². The van der Waals surface area contributed by atoms with Gasteiger partial charge in [0.15, 0.2) is 0 Å². The fourth-order valence-electron chi connectivity index (χ4n) is 4.15. The van der Waals surface area contributed by atoms with Crippen molar-refractivity contribution in [1.82, 2.24) is 35.7 Å². The van der Waals surface area contributed by atoms with Crippen LogP contribution in [0.2, 0.25) is 5.02 Å². The van der Waals surface area contributed by atoms with Crippen LogP contribution in [-0.2, 0) is 22.5 Å². The highest BCUT2D eigenvalue weighted by molar-refractivity contribution is 6.30. The zero-order chi connectivity index (χ0) is 26.9. The Balaban J connectivity index is 1.53. The molecule has 38 heavy (non-hydrogen) atoms. The molecule has 0 saturated heterocycles. The normalized spacial score (nSPS) is 12.6. The number of esters is 1. The molecular formula is C26H27ClFN7O3. The van der Waals surface area contributed by atoms with Crippen LogP contribution in [0.3, 0.4) is 0 Å². The third-order valence-corrected chi connectivity index (χ3v) is 6.24. The Labute approximate surface area is 223 Å². The van der Waals surface area contributed by atoms with Crippen LogP contribution in [-0.4, -0.2) is 54.9 Å². The van der Waals surface area contributed by atoms with E-state index in [-0.39, 0.29) is 24.1 Å². The highest BCUT2D eigenvalue weighted by Crippen LogP contribution is 2.27. The third kappa shape index (κ3) is 7.22. The smallest absolute Gasteiger partial charge is 0.309 e. The van der Waals surface area contributed by atoms with Crippen molar-refractivity contribution in [3.05, 3.63) is 83.2 Å². The number of carbonyl (C=O) groups excluding carboxylic acids is 2. The predicted molar refractivity (Wildman–Crippen MR) is 138 cm³/mol. The SMILES string of the molecule is CCOC(=O)[C@H](CCn1nccn1)C[C@@H](Cc1ccc(-c2cc(Cl)ccc2F)cc1)NC(=O)c1cnn[nH]1. The van der Waals surface area contributed by atoms with Gasteiger partial charge in [-0.1, -0.05) is 41.1 Å². The molecule has 0 radical (unpaired) electrons. The Bertz CT molecular complexity index is 1330. The van der Waals surface area contributed by atoms with Gasteiger partial charge in [-0.2, -0.15) is 15.0 Å². The summed E-state index contributed by atoms with van der Waals surface area (Å²) in [4.78, 5) is 27.1. The van der Waals surface area contributed by atoms with E-state index in [9.17, 15) is 14.0 Å². The van der Waals surface area contributed by atoms with Crippen LogP contribution in [0.5, 0.6) is 0 Å². The van der Waals surface area contributed by atoms with Crippen LogP contribution in [0.15, 0.2) is 61.1 Å². The number of rotatable bonds is 12. The summed E-state index contributed by atoms with van der Waals surface area (Å²) in [5.41, 5.74) is 2.17. The van der Waals surface area contributed by atoms with Crippen molar-refractivity contribution in [3.63, 3.8) is 0 Å². The fraction of sp³-hybridized carbons (Fsp3) is 0.308. The number of nitrogens with one attached hydrogen (secondary N) is 2. The van der Waals surface area contributed by atoms with E-state index in [1.54, 1.807) is 37.5 Å². The van der Waals surface area contributed by atoms with Gasteiger partial charge in [0, 0.05) is 16.6 Å². The Morgan fingerprint density at radius 1 is 1.16 bits per heavy atom. The van der Waals surface area contributed by atoms with Gasteiger partial charge in [-0.05, 0) is 55.5 Å². The molecule has 4 aromatic rings. The number of nitrogens with zero attached hydrogens (tertiary/aromatic N) is 5. The van der Waals surface area contributed by atoms with Crippen LogP contribution >= 0.6 is 11.6 Å². The van der Waals surface area contributed by atoms with E-state index in [4.69, 9.17) is 16.3 Å². The predicted octanol–water partition coefficient (Wildman–Crippen LogP) is 3.86. The number of carbonyl (C=O) groups is 2. The summed E-state index contributed by atoms with van der Waals surface area (Å²) in [5, 5.41) is 21.4.